The summed E-state index contributed by atoms with van der Waals surface area (Å²) in [5.41, 5.74) is 6.39. The number of hydrogen-bond donors (Lipinski definition) is 2. The molecule has 3 N–H and O–H groups in total. The van der Waals surface area contributed by atoms with Crippen molar-refractivity contribution in [1.29, 1.82) is 0 Å². The Hall–Kier alpha value is -3.44. The molecule has 12 heteroatoms. The maximum atomic E-state index is 14.2. The maximum Gasteiger partial charge on any atom is 0.281 e. The van der Waals surface area contributed by atoms with Gasteiger partial charge in [-0.2, -0.15) is 8.42 Å². The number of anilines is 2. The van der Waals surface area contributed by atoms with Crippen molar-refractivity contribution in [1.82, 2.24) is 14.7 Å². The van der Waals surface area contributed by atoms with Gasteiger partial charge in [0.15, 0.2) is 5.03 Å². The molecule has 1 aromatic carbocycles. The normalized spacial score (nSPS) is 11.0. The van der Waals surface area contributed by atoms with Crippen LogP contribution >= 0.6 is 12.4 Å². The molecular weight excluding hydrogens is 497 g/mol. The molecule has 0 aliphatic rings. The lowest BCUT2D eigenvalue weighted by molar-refractivity contribution is 0.0981. The van der Waals surface area contributed by atoms with E-state index in [1.54, 1.807) is 25.1 Å². The summed E-state index contributed by atoms with van der Waals surface area (Å²) in [6, 6.07) is 11.3. The second-order valence-electron chi connectivity index (χ2n) is 8.18. The molecule has 0 radical (unpaired) electrons. The van der Waals surface area contributed by atoms with Crippen LogP contribution < -0.4 is 20.1 Å². The lowest BCUT2D eigenvalue weighted by Gasteiger charge is -2.18. The Morgan fingerprint density at radius 2 is 1.86 bits per heavy atom. The first-order chi connectivity index (χ1) is 16.0. The number of benzene rings is 1. The van der Waals surface area contributed by atoms with Gasteiger partial charge < -0.3 is 15.4 Å². The molecule has 0 fully saturated rings. The van der Waals surface area contributed by atoms with E-state index < -0.39 is 21.7 Å². The number of carbonyl (C=O) groups excluding carboxylic acids is 1. The Morgan fingerprint density at radius 3 is 2.49 bits per heavy atom. The summed E-state index contributed by atoms with van der Waals surface area (Å²) in [6.07, 6.45) is 0. The van der Waals surface area contributed by atoms with Gasteiger partial charge >= 0.3 is 0 Å². The van der Waals surface area contributed by atoms with Crippen molar-refractivity contribution in [2.75, 3.05) is 31.3 Å². The fourth-order valence-electron chi connectivity index (χ4n) is 2.99. The molecule has 0 atom stereocenters. The van der Waals surface area contributed by atoms with Gasteiger partial charge in [0.05, 0.1) is 17.9 Å². The molecule has 188 valence electrons. The van der Waals surface area contributed by atoms with E-state index in [0.29, 0.717) is 23.6 Å². The Morgan fingerprint density at radius 1 is 1.14 bits per heavy atom. The monoisotopic (exact) mass is 523 g/mol. The first-order valence-corrected chi connectivity index (χ1v) is 11.9. The zero-order valence-corrected chi connectivity index (χ0v) is 21.3. The van der Waals surface area contributed by atoms with Gasteiger partial charge in [0, 0.05) is 25.7 Å². The highest BCUT2D eigenvalue weighted by Crippen LogP contribution is 2.28. The molecule has 0 spiro atoms. The van der Waals surface area contributed by atoms with Crippen molar-refractivity contribution in [3.05, 3.63) is 59.9 Å². The third-order valence-electron chi connectivity index (χ3n) is 4.54. The highest BCUT2D eigenvalue weighted by Gasteiger charge is 2.24. The number of halogens is 2. The van der Waals surface area contributed by atoms with E-state index >= 15 is 0 Å². The van der Waals surface area contributed by atoms with Crippen molar-refractivity contribution in [2.24, 2.45) is 5.92 Å². The largest absolute Gasteiger partial charge is 0.493 e. The molecule has 0 bridgehead atoms. The highest BCUT2D eigenvalue weighted by molar-refractivity contribution is 7.90. The third-order valence-corrected chi connectivity index (χ3v) is 5.77. The van der Waals surface area contributed by atoms with Crippen LogP contribution in [0.15, 0.2) is 53.6 Å². The van der Waals surface area contributed by atoms with E-state index in [0.717, 1.165) is 0 Å². The standard InChI is InChI=1S/C23H26FN5O4S.ClH/c1-14(2)13-33-17-11-15(10-16(24)12-17)19-9-8-18(22(26-19)29(3)4)23(30)28-34(31,32)21-7-5-6-20(25)27-21;/h5-12,14H,13H2,1-4H3,(H2,25,27)(H,28,30);1H. The van der Waals surface area contributed by atoms with Gasteiger partial charge in [0.25, 0.3) is 15.9 Å². The Balaban J connectivity index is 0.00000432. The highest BCUT2D eigenvalue weighted by atomic mass is 35.5. The zero-order chi connectivity index (χ0) is 25.0. The summed E-state index contributed by atoms with van der Waals surface area (Å²) in [4.78, 5) is 22.6. The van der Waals surface area contributed by atoms with E-state index in [9.17, 15) is 17.6 Å². The molecule has 2 aromatic heterocycles. The lowest BCUT2D eigenvalue weighted by Crippen LogP contribution is -2.32. The minimum Gasteiger partial charge on any atom is -0.493 e. The fourth-order valence-corrected chi connectivity index (χ4v) is 3.94. The summed E-state index contributed by atoms with van der Waals surface area (Å²) in [5.74, 6) is -0.567. The van der Waals surface area contributed by atoms with Crippen LogP contribution in [0.3, 0.4) is 0 Å². The topological polar surface area (TPSA) is 128 Å². The molecule has 2 heterocycles. The van der Waals surface area contributed by atoms with Crippen molar-refractivity contribution in [3.8, 4) is 17.0 Å². The maximum absolute atomic E-state index is 14.2. The van der Waals surface area contributed by atoms with Gasteiger partial charge in [-0.05, 0) is 42.3 Å². The van der Waals surface area contributed by atoms with Gasteiger partial charge in [0.1, 0.15) is 23.2 Å². The van der Waals surface area contributed by atoms with Gasteiger partial charge in [-0.25, -0.2) is 19.1 Å². The van der Waals surface area contributed by atoms with Crippen molar-refractivity contribution < 1.29 is 22.3 Å². The number of rotatable bonds is 8. The predicted molar refractivity (Wildman–Crippen MR) is 135 cm³/mol. The van der Waals surface area contributed by atoms with Crippen LogP contribution in [0.2, 0.25) is 0 Å². The zero-order valence-electron chi connectivity index (χ0n) is 19.6. The SMILES string of the molecule is CC(C)COc1cc(F)cc(-c2ccc(C(=O)NS(=O)(=O)c3cccc(N)n3)c(N(C)C)n2)c1.Cl. The molecule has 0 unspecified atom stereocenters. The third kappa shape index (κ3) is 7.03. The summed E-state index contributed by atoms with van der Waals surface area (Å²) < 4.78 is 47.0. The van der Waals surface area contributed by atoms with Gasteiger partial charge in [0.2, 0.25) is 0 Å². The molecule has 35 heavy (non-hydrogen) atoms. The van der Waals surface area contributed by atoms with E-state index in [-0.39, 0.29) is 40.6 Å². The van der Waals surface area contributed by atoms with Crippen molar-refractivity contribution in [3.63, 3.8) is 0 Å². The number of nitrogens with two attached hydrogens (primary N) is 1. The number of carbonyl (C=O) groups is 1. The van der Waals surface area contributed by atoms with Crippen LogP contribution in [0.1, 0.15) is 24.2 Å². The average molecular weight is 524 g/mol. The Labute approximate surface area is 210 Å². The molecule has 0 saturated heterocycles. The number of aromatic nitrogens is 2. The van der Waals surface area contributed by atoms with E-state index in [1.807, 2.05) is 18.6 Å². The molecule has 0 saturated carbocycles. The molecule has 1 amide bonds. The van der Waals surface area contributed by atoms with Gasteiger partial charge in [-0.1, -0.05) is 19.9 Å². The minimum absolute atomic E-state index is 0. The van der Waals surface area contributed by atoms with Crippen LogP contribution in [0.4, 0.5) is 16.0 Å². The number of pyridine rings is 2. The second-order valence-corrected chi connectivity index (χ2v) is 9.81. The second kappa shape index (κ2) is 11.3. The number of hydrogen-bond acceptors (Lipinski definition) is 8. The molecule has 3 rings (SSSR count). The van der Waals surface area contributed by atoms with Crippen molar-refractivity contribution in [2.45, 2.75) is 18.9 Å². The molecule has 9 nitrogen and oxygen atoms in total. The van der Waals surface area contributed by atoms with Crippen LogP contribution in [0.5, 0.6) is 5.75 Å². The number of amides is 1. The quantitative estimate of drug-likeness (QED) is 0.459. The van der Waals surface area contributed by atoms with Crippen LogP contribution in [-0.4, -0.2) is 45.0 Å². The first-order valence-electron chi connectivity index (χ1n) is 10.4. The molecule has 0 aliphatic carbocycles. The van der Waals surface area contributed by atoms with Crippen LogP contribution in [-0.2, 0) is 10.0 Å². The first kappa shape index (κ1) is 27.8. The van der Waals surface area contributed by atoms with Crippen LogP contribution in [0, 0.1) is 11.7 Å². The number of ether oxygens (including phenoxy) is 1. The van der Waals surface area contributed by atoms with Crippen molar-refractivity contribution >= 4 is 40.0 Å². The average Bonchev–Trinajstić information content (AvgIpc) is 2.76. The molecule has 0 aliphatic heterocycles. The summed E-state index contributed by atoms with van der Waals surface area (Å²) in [6.45, 7) is 4.39. The summed E-state index contributed by atoms with van der Waals surface area (Å²) in [5, 5.41) is -0.384. The molecular formula is C23H27ClFN5O4S. The number of nitrogens with zero attached hydrogens (tertiary/aromatic N) is 3. The lowest BCUT2D eigenvalue weighted by atomic mass is 10.1. The van der Waals surface area contributed by atoms with Gasteiger partial charge in [-0.3, -0.25) is 4.79 Å². The number of sulfonamides is 1. The predicted octanol–water partition coefficient (Wildman–Crippen LogP) is 3.51. The van der Waals surface area contributed by atoms with E-state index in [4.69, 9.17) is 10.5 Å². The van der Waals surface area contributed by atoms with Crippen LogP contribution in [0.25, 0.3) is 11.3 Å². The number of nitrogens with one attached hydrogen (secondary N) is 1. The van der Waals surface area contributed by atoms with E-state index in [1.165, 1.54) is 42.5 Å². The summed E-state index contributed by atoms with van der Waals surface area (Å²) in [7, 11) is -0.958. The van der Waals surface area contributed by atoms with E-state index in [2.05, 4.69) is 9.97 Å². The number of nitrogen functional groups attached to an aromatic ring is 1. The fraction of sp³-hybridized carbons (Fsp3) is 0.261. The Bertz CT molecular complexity index is 1320. The Kier molecular flexibility index (Phi) is 9.00. The smallest absolute Gasteiger partial charge is 0.281 e. The minimum atomic E-state index is -4.26. The summed E-state index contributed by atoms with van der Waals surface area (Å²) >= 11 is 0. The molecule has 3 aromatic rings. The van der Waals surface area contributed by atoms with Gasteiger partial charge in [-0.15, -0.1) is 12.4 Å².